The number of allylic oxidation sites excluding steroid dienone is 5. The van der Waals surface area contributed by atoms with Gasteiger partial charge in [-0.25, -0.2) is 13.8 Å². The Hall–Kier alpha value is -2.68. The highest BCUT2D eigenvalue weighted by Crippen LogP contribution is 2.34. The lowest BCUT2D eigenvalue weighted by molar-refractivity contribution is -0.127. The van der Waals surface area contributed by atoms with Crippen molar-refractivity contribution < 1.29 is 13.2 Å². The number of rotatable bonds is 4. The normalized spacial score (nSPS) is 25.4. The molecule has 5 rings (SSSR count). The van der Waals surface area contributed by atoms with Crippen molar-refractivity contribution in [3.63, 3.8) is 0 Å². The number of hydrogen-bond donors (Lipinski definition) is 2. The summed E-state index contributed by atoms with van der Waals surface area (Å²) in [6.07, 6.45) is 16.1. The number of piperidine rings is 2. The average Bonchev–Trinajstić information content (AvgIpc) is 3.06. The zero-order valence-electron chi connectivity index (χ0n) is 21.7. The monoisotopic (exact) mass is 522 g/mol. The number of aryl methyl sites for hydroxylation is 1. The Labute approximate surface area is 221 Å². The van der Waals surface area contributed by atoms with Crippen molar-refractivity contribution in [3.05, 3.63) is 77.1 Å². The van der Waals surface area contributed by atoms with E-state index < -0.39 is 10.0 Å². The summed E-state index contributed by atoms with van der Waals surface area (Å²) >= 11 is 0. The van der Waals surface area contributed by atoms with Crippen LogP contribution in [-0.4, -0.2) is 56.3 Å². The molecular formula is C29H38N4O3S. The Bertz CT molecular complexity index is 1220. The van der Waals surface area contributed by atoms with Crippen LogP contribution in [0.1, 0.15) is 44.1 Å². The summed E-state index contributed by atoms with van der Waals surface area (Å²) in [7, 11) is -3.48. The second-order valence-electron chi connectivity index (χ2n) is 10.5. The minimum Gasteiger partial charge on any atom is -0.339 e. The summed E-state index contributed by atoms with van der Waals surface area (Å²) in [5, 5.41) is 0. The van der Waals surface area contributed by atoms with Gasteiger partial charge < -0.3 is 10.3 Å². The van der Waals surface area contributed by atoms with Crippen molar-refractivity contribution in [3.8, 4) is 0 Å². The smallest absolute Gasteiger partial charge is 0.256 e. The number of hydrazine groups is 1. The lowest BCUT2D eigenvalue weighted by Crippen LogP contribution is -2.40. The van der Waals surface area contributed by atoms with E-state index in [-0.39, 0.29) is 11.8 Å². The van der Waals surface area contributed by atoms with Gasteiger partial charge in [0.15, 0.2) is 0 Å². The maximum Gasteiger partial charge on any atom is 0.256 e. The minimum atomic E-state index is -3.48. The molecule has 2 fully saturated rings. The van der Waals surface area contributed by atoms with Crippen molar-refractivity contribution in [1.82, 2.24) is 20.1 Å². The van der Waals surface area contributed by atoms with Gasteiger partial charge in [0.25, 0.3) is 5.91 Å². The molecule has 2 saturated heterocycles. The van der Waals surface area contributed by atoms with Crippen LogP contribution in [0.4, 0.5) is 0 Å². The molecular weight excluding hydrogens is 484 g/mol. The minimum absolute atomic E-state index is 0.0890. The Morgan fingerprint density at radius 3 is 2.35 bits per heavy atom. The molecule has 1 aromatic rings. The number of nitrogens with zero attached hydrogens (tertiary/aromatic N) is 2. The van der Waals surface area contributed by atoms with Gasteiger partial charge in [0.05, 0.1) is 16.2 Å². The Morgan fingerprint density at radius 1 is 0.919 bits per heavy atom. The highest BCUT2D eigenvalue weighted by Gasteiger charge is 2.33. The first-order valence-electron chi connectivity index (χ1n) is 13.6. The first-order chi connectivity index (χ1) is 17.9. The molecule has 7 nitrogen and oxygen atoms in total. The third-order valence-electron chi connectivity index (χ3n) is 8.05. The lowest BCUT2D eigenvalue weighted by Gasteiger charge is -2.35. The van der Waals surface area contributed by atoms with Crippen molar-refractivity contribution in [2.45, 2.75) is 50.3 Å². The van der Waals surface area contributed by atoms with Gasteiger partial charge in [-0.1, -0.05) is 42.0 Å². The number of nitrogens with one attached hydrogen (secondary N) is 2. The van der Waals surface area contributed by atoms with Gasteiger partial charge >= 0.3 is 0 Å². The predicted octanol–water partition coefficient (Wildman–Crippen LogP) is 3.83. The van der Waals surface area contributed by atoms with Gasteiger partial charge in [-0.2, -0.15) is 4.31 Å². The largest absolute Gasteiger partial charge is 0.339 e. The standard InChI is InChI=1S/C29H38N4O3S/c1-22-9-11-26(12-10-22)37(35,36)33-19-14-23(15-20-33)24-13-16-30-31-27-8-4-3-7-25(21-24)28(27)29(34)32-17-5-2-6-18-32/h3-4,7-12,21,23-24,30-31H,2,5-6,13-20H2,1H3/b25-21+. The maximum atomic E-state index is 13.7. The van der Waals surface area contributed by atoms with Gasteiger partial charge in [0.1, 0.15) is 0 Å². The molecule has 3 aliphatic heterocycles. The molecule has 37 heavy (non-hydrogen) atoms. The van der Waals surface area contributed by atoms with Gasteiger partial charge in [-0.15, -0.1) is 0 Å². The lowest BCUT2D eigenvalue weighted by atomic mass is 9.81. The number of fused-ring (bicyclic) bond motifs is 1. The molecule has 2 N–H and O–H groups in total. The first-order valence-corrected chi connectivity index (χ1v) is 15.0. The Kier molecular flexibility index (Phi) is 7.98. The van der Waals surface area contributed by atoms with E-state index in [9.17, 15) is 13.2 Å². The fourth-order valence-corrected chi connectivity index (χ4v) is 7.33. The molecule has 0 spiro atoms. The van der Waals surface area contributed by atoms with Crippen LogP contribution in [0.5, 0.6) is 0 Å². The number of hydrogen-bond acceptors (Lipinski definition) is 5. The van der Waals surface area contributed by atoms with E-state index in [0.29, 0.717) is 23.9 Å². The van der Waals surface area contributed by atoms with Crippen molar-refractivity contribution >= 4 is 15.9 Å². The molecule has 2 bridgehead atoms. The maximum absolute atomic E-state index is 13.7. The van der Waals surface area contributed by atoms with E-state index >= 15 is 0 Å². The topological polar surface area (TPSA) is 81.8 Å². The van der Waals surface area contributed by atoms with Crippen LogP contribution in [-0.2, 0) is 14.8 Å². The third-order valence-corrected chi connectivity index (χ3v) is 9.96. The number of benzene rings is 1. The molecule has 4 aliphatic rings. The molecule has 0 aromatic heterocycles. The van der Waals surface area contributed by atoms with E-state index in [1.54, 1.807) is 16.4 Å². The van der Waals surface area contributed by atoms with Crippen LogP contribution in [0.25, 0.3) is 0 Å². The number of carbonyl (C=O) groups excluding carboxylic acids is 1. The second kappa shape index (κ2) is 11.4. The zero-order chi connectivity index (χ0) is 25.8. The summed E-state index contributed by atoms with van der Waals surface area (Å²) in [5.74, 6) is 0.696. The quantitative estimate of drug-likeness (QED) is 0.628. The van der Waals surface area contributed by atoms with Gasteiger partial charge in [0, 0.05) is 32.7 Å². The third kappa shape index (κ3) is 5.76. The number of likely N-dealkylation sites (tertiary alicyclic amines) is 1. The van der Waals surface area contributed by atoms with Crippen LogP contribution in [0.3, 0.4) is 0 Å². The van der Waals surface area contributed by atoms with E-state index in [2.05, 4.69) is 23.0 Å². The summed E-state index contributed by atoms with van der Waals surface area (Å²) in [4.78, 5) is 16.1. The van der Waals surface area contributed by atoms with Crippen LogP contribution < -0.4 is 10.9 Å². The second-order valence-corrected chi connectivity index (χ2v) is 12.5. The van der Waals surface area contributed by atoms with Crippen LogP contribution >= 0.6 is 0 Å². The molecule has 0 radical (unpaired) electrons. The van der Waals surface area contributed by atoms with E-state index in [1.165, 1.54) is 6.42 Å². The molecule has 8 heteroatoms. The van der Waals surface area contributed by atoms with E-state index in [0.717, 1.165) is 74.1 Å². The van der Waals surface area contributed by atoms with Crippen LogP contribution in [0, 0.1) is 18.8 Å². The Morgan fingerprint density at radius 2 is 1.62 bits per heavy atom. The molecule has 3 heterocycles. The molecule has 1 amide bonds. The molecule has 198 valence electrons. The SMILES string of the molecule is Cc1ccc(S(=O)(=O)N2CCC(C3/C=C4\C=CC=CC(=C4C(=O)N4CCCCC4)NNCC3)CC2)cc1. The first kappa shape index (κ1) is 25.9. The van der Waals surface area contributed by atoms with Crippen molar-refractivity contribution in [2.24, 2.45) is 11.8 Å². The van der Waals surface area contributed by atoms with Crippen molar-refractivity contribution in [1.29, 1.82) is 0 Å². The fourth-order valence-electron chi connectivity index (χ4n) is 5.86. The molecule has 1 unspecified atom stereocenters. The summed E-state index contributed by atoms with van der Waals surface area (Å²) in [5.41, 5.74) is 10.2. The zero-order valence-corrected chi connectivity index (χ0v) is 22.5. The molecule has 0 saturated carbocycles. The number of amides is 1. The van der Waals surface area contributed by atoms with Crippen LogP contribution in [0.2, 0.25) is 0 Å². The number of carbonyl (C=O) groups is 1. The fraction of sp³-hybridized carbons (Fsp3) is 0.483. The molecule has 1 aliphatic carbocycles. The highest BCUT2D eigenvalue weighted by molar-refractivity contribution is 7.89. The summed E-state index contributed by atoms with van der Waals surface area (Å²) < 4.78 is 28.0. The van der Waals surface area contributed by atoms with E-state index in [1.807, 2.05) is 42.2 Å². The van der Waals surface area contributed by atoms with Gasteiger partial charge in [-0.3, -0.25) is 4.79 Å². The molecule has 1 aromatic carbocycles. The van der Waals surface area contributed by atoms with Gasteiger partial charge in [0.2, 0.25) is 10.0 Å². The van der Waals surface area contributed by atoms with Crippen LogP contribution in [0.15, 0.2) is 76.4 Å². The van der Waals surface area contributed by atoms with Crippen molar-refractivity contribution in [2.75, 3.05) is 32.7 Å². The number of sulfonamides is 1. The predicted molar refractivity (Wildman–Crippen MR) is 146 cm³/mol. The van der Waals surface area contributed by atoms with Gasteiger partial charge in [-0.05, 0) is 81.1 Å². The summed E-state index contributed by atoms with van der Waals surface area (Å²) in [6, 6.07) is 7.11. The Balaban J connectivity index is 1.36. The highest BCUT2D eigenvalue weighted by atomic mass is 32.2. The summed E-state index contributed by atoms with van der Waals surface area (Å²) in [6.45, 7) is 5.38. The average molecular weight is 523 g/mol. The molecule has 1 atom stereocenters. The van der Waals surface area contributed by atoms with E-state index in [4.69, 9.17) is 0 Å².